The minimum absolute atomic E-state index is 0.358. The monoisotopic (exact) mass is 336 g/mol. The van der Waals surface area contributed by atoms with Crippen LogP contribution in [-0.4, -0.2) is 31.9 Å². The fourth-order valence-corrected chi connectivity index (χ4v) is 2.84. The van der Waals surface area contributed by atoms with Gasteiger partial charge in [-0.25, -0.2) is 4.79 Å². The van der Waals surface area contributed by atoms with Gasteiger partial charge in [0.05, 0.1) is 26.0 Å². The summed E-state index contributed by atoms with van der Waals surface area (Å²) in [6, 6.07) is 8.63. The Bertz CT molecular complexity index is 631. The molecule has 2 aromatic rings. The van der Waals surface area contributed by atoms with Crippen molar-refractivity contribution >= 4 is 23.1 Å². The standard InChI is InChI=1S/C16H20N2O4S/c1-21-13-6-3-5-11(15(13)22-2)18-16(20)17-9-8-12(19)14-7-4-10-23-14/h3-7,10,12,19H,8-9H2,1-2H3,(H2,17,18,20)/t12-/m1/s1. The Kier molecular flexibility index (Phi) is 6.25. The average molecular weight is 336 g/mol. The van der Waals surface area contributed by atoms with Crippen LogP contribution >= 0.6 is 11.3 Å². The molecule has 0 unspecified atom stereocenters. The average Bonchev–Trinajstić information content (AvgIpc) is 3.09. The van der Waals surface area contributed by atoms with Crippen LogP contribution in [0.15, 0.2) is 35.7 Å². The van der Waals surface area contributed by atoms with Crippen LogP contribution in [0.2, 0.25) is 0 Å². The van der Waals surface area contributed by atoms with Crippen LogP contribution in [0, 0.1) is 0 Å². The van der Waals surface area contributed by atoms with E-state index in [2.05, 4.69) is 10.6 Å². The predicted molar refractivity (Wildman–Crippen MR) is 90.5 cm³/mol. The molecule has 6 nitrogen and oxygen atoms in total. The molecule has 3 N–H and O–H groups in total. The third kappa shape index (κ3) is 4.61. The number of amides is 2. The van der Waals surface area contributed by atoms with Gasteiger partial charge in [-0.15, -0.1) is 11.3 Å². The van der Waals surface area contributed by atoms with Gasteiger partial charge >= 0.3 is 6.03 Å². The highest BCUT2D eigenvalue weighted by molar-refractivity contribution is 7.10. The molecule has 2 rings (SSSR count). The van der Waals surface area contributed by atoms with Crippen molar-refractivity contribution in [1.82, 2.24) is 5.32 Å². The lowest BCUT2D eigenvalue weighted by Gasteiger charge is -2.14. The number of urea groups is 1. The number of benzene rings is 1. The quantitative estimate of drug-likeness (QED) is 0.726. The van der Waals surface area contributed by atoms with Gasteiger partial charge in [0.2, 0.25) is 0 Å². The molecule has 7 heteroatoms. The van der Waals surface area contributed by atoms with Crippen molar-refractivity contribution in [1.29, 1.82) is 0 Å². The minimum atomic E-state index is -0.568. The van der Waals surface area contributed by atoms with Gasteiger partial charge in [-0.2, -0.15) is 0 Å². The van der Waals surface area contributed by atoms with Gasteiger partial charge in [-0.1, -0.05) is 12.1 Å². The Morgan fingerprint density at radius 3 is 2.74 bits per heavy atom. The molecule has 0 bridgehead atoms. The zero-order chi connectivity index (χ0) is 16.7. The molecule has 0 spiro atoms. The van der Waals surface area contributed by atoms with Crippen molar-refractivity contribution < 1.29 is 19.4 Å². The smallest absolute Gasteiger partial charge is 0.319 e. The molecule has 0 saturated heterocycles. The molecular weight excluding hydrogens is 316 g/mol. The lowest BCUT2D eigenvalue weighted by Crippen LogP contribution is -2.30. The molecule has 1 heterocycles. The summed E-state index contributed by atoms with van der Waals surface area (Å²) in [6.45, 7) is 0.358. The molecule has 2 amide bonds. The summed E-state index contributed by atoms with van der Waals surface area (Å²) >= 11 is 1.49. The maximum Gasteiger partial charge on any atom is 0.319 e. The zero-order valence-electron chi connectivity index (χ0n) is 13.0. The summed E-state index contributed by atoms with van der Waals surface area (Å²) in [4.78, 5) is 12.8. The van der Waals surface area contributed by atoms with E-state index in [1.807, 2.05) is 17.5 Å². The number of nitrogens with one attached hydrogen (secondary N) is 2. The number of hydrogen-bond acceptors (Lipinski definition) is 5. The molecule has 1 aromatic heterocycles. The second-order valence-electron chi connectivity index (χ2n) is 4.74. The van der Waals surface area contributed by atoms with E-state index in [9.17, 15) is 9.90 Å². The number of aliphatic hydroxyl groups excluding tert-OH is 1. The molecule has 1 aromatic carbocycles. The van der Waals surface area contributed by atoms with Crippen molar-refractivity contribution in [3.8, 4) is 11.5 Å². The second-order valence-corrected chi connectivity index (χ2v) is 5.72. The van der Waals surface area contributed by atoms with Crippen LogP contribution in [0.1, 0.15) is 17.4 Å². The number of ether oxygens (including phenoxy) is 2. The summed E-state index contributed by atoms with van der Waals surface area (Å²) in [5, 5.41) is 17.3. The van der Waals surface area contributed by atoms with Gasteiger partial charge in [0, 0.05) is 11.4 Å². The fourth-order valence-electron chi connectivity index (χ4n) is 2.10. The van der Waals surface area contributed by atoms with Crippen LogP contribution < -0.4 is 20.1 Å². The van der Waals surface area contributed by atoms with E-state index in [1.165, 1.54) is 25.6 Å². The number of anilines is 1. The molecule has 0 radical (unpaired) electrons. The number of carbonyl (C=O) groups excluding carboxylic acids is 1. The Balaban J connectivity index is 1.85. The van der Waals surface area contributed by atoms with Crippen LogP contribution in [0.4, 0.5) is 10.5 Å². The Labute approximate surface area is 139 Å². The Morgan fingerprint density at radius 1 is 1.26 bits per heavy atom. The lowest BCUT2D eigenvalue weighted by atomic mass is 10.2. The van der Waals surface area contributed by atoms with Crippen LogP contribution in [-0.2, 0) is 0 Å². The minimum Gasteiger partial charge on any atom is -0.493 e. The lowest BCUT2D eigenvalue weighted by molar-refractivity contribution is 0.171. The molecule has 0 fully saturated rings. The maximum absolute atomic E-state index is 12.0. The number of carbonyl (C=O) groups is 1. The first-order chi connectivity index (χ1) is 11.2. The first-order valence-electron chi connectivity index (χ1n) is 7.13. The van der Waals surface area contributed by atoms with Gasteiger partial charge in [-0.05, 0) is 30.0 Å². The van der Waals surface area contributed by atoms with Crippen molar-refractivity contribution in [2.45, 2.75) is 12.5 Å². The van der Waals surface area contributed by atoms with Crippen molar-refractivity contribution in [2.75, 3.05) is 26.1 Å². The van der Waals surface area contributed by atoms with Gasteiger partial charge in [0.1, 0.15) is 0 Å². The van der Waals surface area contributed by atoms with Gasteiger partial charge < -0.3 is 25.2 Å². The van der Waals surface area contributed by atoms with Crippen LogP contribution in [0.5, 0.6) is 11.5 Å². The molecule has 1 atom stereocenters. The van der Waals surface area contributed by atoms with Gasteiger partial charge in [0.15, 0.2) is 11.5 Å². The van der Waals surface area contributed by atoms with E-state index >= 15 is 0 Å². The topological polar surface area (TPSA) is 79.8 Å². The van der Waals surface area contributed by atoms with Crippen LogP contribution in [0.25, 0.3) is 0 Å². The highest BCUT2D eigenvalue weighted by Crippen LogP contribution is 2.34. The molecule has 0 aliphatic rings. The molecule has 124 valence electrons. The summed E-state index contributed by atoms with van der Waals surface area (Å²) in [5.74, 6) is 1.00. The number of rotatable bonds is 7. The van der Waals surface area contributed by atoms with Gasteiger partial charge in [0.25, 0.3) is 0 Å². The van der Waals surface area contributed by atoms with Crippen molar-refractivity contribution in [3.05, 3.63) is 40.6 Å². The van der Waals surface area contributed by atoms with E-state index in [4.69, 9.17) is 9.47 Å². The fraction of sp³-hybridized carbons (Fsp3) is 0.312. The SMILES string of the molecule is COc1cccc(NC(=O)NCC[C@@H](O)c2cccs2)c1OC. The number of aliphatic hydroxyl groups is 1. The van der Waals surface area contributed by atoms with E-state index < -0.39 is 6.10 Å². The molecule has 0 aliphatic carbocycles. The predicted octanol–water partition coefficient (Wildman–Crippen LogP) is 3.01. The summed E-state index contributed by atoms with van der Waals surface area (Å²) in [5.41, 5.74) is 0.517. The van der Waals surface area contributed by atoms with Crippen molar-refractivity contribution in [3.63, 3.8) is 0 Å². The van der Waals surface area contributed by atoms with Gasteiger partial charge in [-0.3, -0.25) is 0 Å². The summed E-state index contributed by atoms with van der Waals surface area (Å²) in [6.07, 6.45) is -0.120. The zero-order valence-corrected chi connectivity index (χ0v) is 13.9. The highest BCUT2D eigenvalue weighted by Gasteiger charge is 2.13. The maximum atomic E-state index is 12.0. The van der Waals surface area contributed by atoms with E-state index in [1.54, 1.807) is 18.2 Å². The first-order valence-corrected chi connectivity index (χ1v) is 8.01. The molecule has 0 aliphatic heterocycles. The van der Waals surface area contributed by atoms with Crippen molar-refractivity contribution in [2.24, 2.45) is 0 Å². The van der Waals surface area contributed by atoms with E-state index in [0.717, 1.165) is 4.88 Å². The number of para-hydroxylation sites is 1. The molecule has 23 heavy (non-hydrogen) atoms. The van der Waals surface area contributed by atoms with Crippen LogP contribution in [0.3, 0.4) is 0 Å². The number of thiophene rings is 1. The van der Waals surface area contributed by atoms with E-state index in [0.29, 0.717) is 30.2 Å². The first kappa shape index (κ1) is 17.1. The normalized spacial score (nSPS) is 11.6. The third-order valence-electron chi connectivity index (χ3n) is 3.23. The highest BCUT2D eigenvalue weighted by atomic mass is 32.1. The second kappa shape index (κ2) is 8.40. The summed E-state index contributed by atoms with van der Waals surface area (Å²) < 4.78 is 10.4. The largest absolute Gasteiger partial charge is 0.493 e. The number of hydrogen-bond donors (Lipinski definition) is 3. The molecular formula is C16H20N2O4S. The third-order valence-corrected chi connectivity index (χ3v) is 4.20. The summed E-state index contributed by atoms with van der Waals surface area (Å²) in [7, 11) is 3.05. The van der Waals surface area contributed by atoms with E-state index in [-0.39, 0.29) is 6.03 Å². The Morgan fingerprint density at radius 2 is 2.09 bits per heavy atom. The number of methoxy groups -OCH3 is 2. The Hall–Kier alpha value is -2.25. The molecule has 0 saturated carbocycles.